The zero-order valence-corrected chi connectivity index (χ0v) is 14.0. The summed E-state index contributed by atoms with van der Waals surface area (Å²) >= 11 is 3.47. The summed E-state index contributed by atoms with van der Waals surface area (Å²) in [6.07, 6.45) is 2.99. The molecule has 1 unspecified atom stereocenters. The average Bonchev–Trinajstić information content (AvgIpc) is 2.34. The number of aromatic nitrogens is 1. The molecule has 1 atom stereocenters. The van der Waals surface area contributed by atoms with E-state index in [2.05, 4.69) is 26.2 Å². The van der Waals surface area contributed by atoms with E-state index in [-0.39, 0.29) is 0 Å². The van der Waals surface area contributed by atoms with E-state index in [4.69, 9.17) is 10.5 Å². The van der Waals surface area contributed by atoms with E-state index in [9.17, 15) is 4.79 Å². The topological polar surface area (TPSA) is 77.2 Å². The van der Waals surface area contributed by atoms with E-state index < -0.39 is 17.1 Å². The van der Waals surface area contributed by atoms with Crippen molar-refractivity contribution in [3.63, 3.8) is 0 Å². The third-order valence-electron chi connectivity index (χ3n) is 2.89. The Bertz CT molecular complexity index is 474. The zero-order chi connectivity index (χ0) is 15.4. The molecule has 3 N–H and O–H groups in total. The number of nitrogens with one attached hydrogen (secondary N) is 1. The predicted octanol–water partition coefficient (Wildman–Crippen LogP) is 2.59. The second-order valence-corrected chi connectivity index (χ2v) is 6.83. The van der Waals surface area contributed by atoms with Gasteiger partial charge < -0.3 is 15.8 Å². The van der Waals surface area contributed by atoms with Gasteiger partial charge in [-0.3, -0.25) is 4.98 Å². The van der Waals surface area contributed by atoms with Crippen LogP contribution in [-0.4, -0.2) is 29.8 Å². The Hall–Kier alpha value is -1.14. The van der Waals surface area contributed by atoms with Gasteiger partial charge in [-0.25, -0.2) is 4.79 Å². The van der Waals surface area contributed by atoms with E-state index in [0.717, 1.165) is 10.0 Å². The maximum Gasteiger partial charge on any atom is 0.407 e. The second-order valence-electron chi connectivity index (χ2n) is 5.98. The summed E-state index contributed by atoms with van der Waals surface area (Å²) in [5.74, 6) is 0. The molecule has 0 aromatic carbocycles. The number of alkyl carbamates (subject to hydrolysis) is 1. The lowest BCUT2D eigenvalue weighted by molar-refractivity contribution is 0.0516. The Morgan fingerprint density at radius 1 is 1.45 bits per heavy atom. The van der Waals surface area contributed by atoms with Gasteiger partial charge >= 0.3 is 6.09 Å². The van der Waals surface area contributed by atoms with Crippen molar-refractivity contribution in [3.05, 3.63) is 28.5 Å². The van der Waals surface area contributed by atoms with Gasteiger partial charge in [-0.15, -0.1) is 0 Å². The largest absolute Gasteiger partial charge is 0.444 e. The van der Waals surface area contributed by atoms with Crippen molar-refractivity contribution >= 4 is 22.0 Å². The summed E-state index contributed by atoms with van der Waals surface area (Å²) in [5, 5.41) is 2.77. The van der Waals surface area contributed by atoms with E-state index in [0.29, 0.717) is 13.1 Å². The van der Waals surface area contributed by atoms with Gasteiger partial charge in [-0.1, -0.05) is 6.92 Å². The number of nitrogens with zero attached hydrogens (tertiary/aromatic N) is 1. The van der Waals surface area contributed by atoms with Gasteiger partial charge in [0.05, 0.1) is 0 Å². The molecule has 0 fully saturated rings. The fourth-order valence-corrected chi connectivity index (χ4v) is 2.45. The first-order chi connectivity index (χ1) is 9.18. The van der Waals surface area contributed by atoms with Crippen LogP contribution >= 0.6 is 15.9 Å². The van der Waals surface area contributed by atoms with Crippen LogP contribution in [0, 0.1) is 0 Å². The summed E-state index contributed by atoms with van der Waals surface area (Å²) < 4.78 is 6.10. The molecule has 1 amide bonds. The Labute approximate surface area is 128 Å². The monoisotopic (exact) mass is 343 g/mol. The molecule has 0 aliphatic rings. The van der Waals surface area contributed by atoms with Crippen LogP contribution in [0.2, 0.25) is 0 Å². The first-order valence-corrected chi connectivity index (χ1v) is 7.24. The molecule has 6 heteroatoms. The third-order valence-corrected chi connectivity index (χ3v) is 3.53. The maximum atomic E-state index is 11.7. The summed E-state index contributed by atoms with van der Waals surface area (Å²) in [7, 11) is 0. The molecule has 5 nitrogen and oxygen atoms in total. The maximum absolute atomic E-state index is 11.7. The fourth-order valence-electron chi connectivity index (χ4n) is 1.72. The minimum absolute atomic E-state index is 0.390. The summed E-state index contributed by atoms with van der Waals surface area (Å²) in [6, 6.07) is 1.90. The molecule has 1 aromatic rings. The summed E-state index contributed by atoms with van der Waals surface area (Å²) in [4.78, 5) is 15.8. The number of pyridine rings is 1. The predicted molar refractivity (Wildman–Crippen MR) is 82.6 cm³/mol. The Morgan fingerprint density at radius 2 is 2.10 bits per heavy atom. The third kappa shape index (κ3) is 4.76. The van der Waals surface area contributed by atoms with Crippen molar-refractivity contribution in [3.8, 4) is 0 Å². The highest BCUT2D eigenvalue weighted by Gasteiger charge is 2.28. The Morgan fingerprint density at radius 3 is 2.60 bits per heavy atom. The fraction of sp³-hybridized carbons (Fsp3) is 0.571. The molecule has 0 aliphatic heterocycles. The molecule has 0 saturated carbocycles. The summed E-state index contributed by atoms with van der Waals surface area (Å²) in [5.41, 5.74) is 5.99. The van der Waals surface area contributed by atoms with Gasteiger partial charge in [0, 0.05) is 35.4 Å². The highest BCUT2D eigenvalue weighted by Crippen LogP contribution is 2.28. The molecule has 0 spiro atoms. The minimum Gasteiger partial charge on any atom is -0.444 e. The smallest absolute Gasteiger partial charge is 0.407 e. The highest BCUT2D eigenvalue weighted by molar-refractivity contribution is 9.10. The van der Waals surface area contributed by atoms with Crippen LogP contribution in [0.4, 0.5) is 4.79 Å². The van der Waals surface area contributed by atoms with Crippen molar-refractivity contribution < 1.29 is 9.53 Å². The standard InChI is InChI=1S/C14H22BrN3O2/c1-13(2,3)20-12(19)18-9-14(4,8-16)10-5-6-17-7-11(10)15/h5-7H,8-9,16H2,1-4H3,(H,18,19). The van der Waals surface area contributed by atoms with Gasteiger partial charge in [0.1, 0.15) is 5.60 Å². The van der Waals surface area contributed by atoms with E-state index in [1.807, 2.05) is 33.8 Å². The van der Waals surface area contributed by atoms with Gasteiger partial charge in [0.2, 0.25) is 0 Å². The number of carbonyl (C=O) groups excluding carboxylic acids is 1. The van der Waals surface area contributed by atoms with E-state index >= 15 is 0 Å². The number of hydrogen-bond acceptors (Lipinski definition) is 4. The first kappa shape index (κ1) is 16.9. The van der Waals surface area contributed by atoms with Gasteiger partial charge in [-0.2, -0.15) is 0 Å². The Kier molecular flexibility index (Phi) is 5.53. The van der Waals surface area contributed by atoms with Gasteiger partial charge in [-0.05, 0) is 48.3 Å². The minimum atomic E-state index is -0.513. The lowest BCUT2D eigenvalue weighted by atomic mass is 9.83. The number of rotatable bonds is 4. The number of hydrogen-bond donors (Lipinski definition) is 2. The van der Waals surface area contributed by atoms with Crippen molar-refractivity contribution in [1.82, 2.24) is 10.3 Å². The number of ether oxygens (including phenoxy) is 1. The number of amides is 1. The lowest BCUT2D eigenvalue weighted by Crippen LogP contribution is -2.45. The number of nitrogens with two attached hydrogens (primary N) is 1. The van der Waals surface area contributed by atoms with E-state index in [1.54, 1.807) is 12.4 Å². The van der Waals surface area contributed by atoms with E-state index in [1.165, 1.54) is 0 Å². The molecule has 112 valence electrons. The lowest BCUT2D eigenvalue weighted by Gasteiger charge is -2.30. The van der Waals surface area contributed by atoms with Crippen LogP contribution in [0.5, 0.6) is 0 Å². The quantitative estimate of drug-likeness (QED) is 0.880. The van der Waals surface area contributed by atoms with Crippen LogP contribution < -0.4 is 11.1 Å². The molecule has 0 saturated heterocycles. The van der Waals surface area contributed by atoms with Crippen LogP contribution in [0.3, 0.4) is 0 Å². The SMILES string of the molecule is CC(C)(C)OC(=O)NCC(C)(CN)c1ccncc1Br. The molecule has 0 aliphatic carbocycles. The van der Waals surface area contributed by atoms with Crippen molar-refractivity contribution in [2.24, 2.45) is 5.73 Å². The number of halogens is 1. The molecular weight excluding hydrogens is 322 g/mol. The van der Waals surface area contributed by atoms with Crippen LogP contribution in [-0.2, 0) is 10.2 Å². The Balaban J connectivity index is 2.77. The highest BCUT2D eigenvalue weighted by atomic mass is 79.9. The number of carbonyl (C=O) groups is 1. The molecule has 1 rings (SSSR count). The van der Waals surface area contributed by atoms with Gasteiger partial charge in [0.25, 0.3) is 0 Å². The molecule has 0 radical (unpaired) electrons. The summed E-state index contributed by atoms with van der Waals surface area (Å²) in [6.45, 7) is 8.26. The molecular formula is C14H22BrN3O2. The van der Waals surface area contributed by atoms with Crippen LogP contribution in [0.25, 0.3) is 0 Å². The molecule has 0 bridgehead atoms. The molecule has 20 heavy (non-hydrogen) atoms. The van der Waals surface area contributed by atoms with Crippen molar-refractivity contribution in [1.29, 1.82) is 0 Å². The van der Waals surface area contributed by atoms with Crippen molar-refractivity contribution in [2.45, 2.75) is 38.7 Å². The first-order valence-electron chi connectivity index (χ1n) is 6.45. The molecule has 1 heterocycles. The normalized spacial score (nSPS) is 14.5. The van der Waals surface area contributed by atoms with Crippen LogP contribution in [0.15, 0.2) is 22.9 Å². The van der Waals surface area contributed by atoms with Crippen molar-refractivity contribution in [2.75, 3.05) is 13.1 Å². The molecule has 1 aromatic heterocycles. The van der Waals surface area contributed by atoms with Gasteiger partial charge in [0.15, 0.2) is 0 Å². The van der Waals surface area contributed by atoms with Crippen LogP contribution in [0.1, 0.15) is 33.3 Å². The zero-order valence-electron chi connectivity index (χ0n) is 12.4. The second kappa shape index (κ2) is 6.54. The average molecular weight is 344 g/mol.